The maximum absolute atomic E-state index is 11.2. The Morgan fingerprint density at radius 1 is 1.38 bits per heavy atom. The molecule has 16 heavy (non-hydrogen) atoms. The van der Waals surface area contributed by atoms with Gasteiger partial charge in [0.15, 0.2) is 0 Å². The second kappa shape index (κ2) is 5.67. The van der Waals surface area contributed by atoms with E-state index in [2.05, 4.69) is 21.2 Å². The summed E-state index contributed by atoms with van der Waals surface area (Å²) in [7, 11) is 0. The molecule has 0 spiro atoms. The van der Waals surface area contributed by atoms with E-state index >= 15 is 0 Å². The minimum Gasteiger partial charge on any atom is -0.478 e. The van der Waals surface area contributed by atoms with Crippen LogP contribution in [0, 0.1) is 0 Å². The molecule has 1 amide bonds. The summed E-state index contributed by atoms with van der Waals surface area (Å²) in [5.74, 6) is -1.70. The van der Waals surface area contributed by atoms with Crippen molar-refractivity contribution < 1.29 is 14.7 Å². The summed E-state index contributed by atoms with van der Waals surface area (Å²) in [5.41, 5.74) is 0.518. The molecule has 0 heterocycles. The fraction of sp³-hybridized carbons (Fsp3) is 0. The molecule has 0 atom stereocenters. The first-order valence-corrected chi connectivity index (χ1v) is 5.33. The molecule has 0 radical (unpaired) electrons. The number of carbonyl (C=O) groups excluding carboxylic acids is 1. The van der Waals surface area contributed by atoms with E-state index in [4.69, 9.17) is 16.7 Å². The highest BCUT2D eigenvalue weighted by Crippen LogP contribution is 2.25. The summed E-state index contributed by atoms with van der Waals surface area (Å²) >= 11 is 8.94. The molecular weight excluding hydrogens is 297 g/mol. The van der Waals surface area contributed by atoms with Crippen LogP contribution in [0.15, 0.2) is 34.8 Å². The van der Waals surface area contributed by atoms with E-state index in [9.17, 15) is 9.59 Å². The predicted molar refractivity (Wildman–Crippen MR) is 64.6 cm³/mol. The zero-order valence-electron chi connectivity index (χ0n) is 7.91. The fourth-order valence-electron chi connectivity index (χ4n) is 0.912. The Balaban J connectivity index is 2.73. The highest BCUT2D eigenvalue weighted by molar-refractivity contribution is 9.10. The SMILES string of the molecule is O=C(O)/C=C/C(=O)Nc1ccc(Cl)cc1Br. The number of anilines is 1. The Bertz CT molecular complexity index is 459. The zero-order chi connectivity index (χ0) is 12.1. The van der Waals surface area contributed by atoms with Crippen LogP contribution >= 0.6 is 27.5 Å². The molecule has 6 heteroatoms. The fourth-order valence-corrected chi connectivity index (χ4v) is 1.69. The molecular formula is C10H7BrClNO3. The molecule has 0 aliphatic carbocycles. The molecule has 0 aliphatic rings. The highest BCUT2D eigenvalue weighted by atomic mass is 79.9. The van der Waals surface area contributed by atoms with Crippen LogP contribution in [0.2, 0.25) is 5.02 Å². The first-order valence-electron chi connectivity index (χ1n) is 4.16. The van der Waals surface area contributed by atoms with Gasteiger partial charge in [-0.1, -0.05) is 11.6 Å². The number of benzene rings is 1. The number of carboxylic acids is 1. The van der Waals surface area contributed by atoms with E-state index < -0.39 is 11.9 Å². The number of amides is 1. The van der Waals surface area contributed by atoms with Gasteiger partial charge >= 0.3 is 5.97 Å². The topological polar surface area (TPSA) is 66.4 Å². The molecule has 0 aliphatic heterocycles. The normalized spacial score (nSPS) is 10.4. The monoisotopic (exact) mass is 303 g/mol. The quantitative estimate of drug-likeness (QED) is 0.844. The predicted octanol–water partition coefficient (Wildman–Crippen LogP) is 2.68. The van der Waals surface area contributed by atoms with Gasteiger partial charge in [0.1, 0.15) is 0 Å². The van der Waals surface area contributed by atoms with E-state index in [1.54, 1.807) is 18.2 Å². The van der Waals surface area contributed by atoms with Gasteiger partial charge in [-0.3, -0.25) is 4.79 Å². The smallest absolute Gasteiger partial charge is 0.328 e. The molecule has 0 saturated heterocycles. The minimum atomic E-state index is -1.18. The highest BCUT2D eigenvalue weighted by Gasteiger charge is 2.03. The molecule has 84 valence electrons. The van der Waals surface area contributed by atoms with Gasteiger partial charge in [-0.05, 0) is 34.1 Å². The largest absolute Gasteiger partial charge is 0.478 e. The van der Waals surface area contributed by atoms with Gasteiger partial charge in [0.25, 0.3) is 0 Å². The van der Waals surface area contributed by atoms with Crippen molar-refractivity contribution in [3.05, 3.63) is 39.8 Å². The molecule has 0 bridgehead atoms. The summed E-state index contributed by atoms with van der Waals surface area (Å²) in [6.45, 7) is 0. The molecule has 0 saturated carbocycles. The molecule has 0 unspecified atom stereocenters. The number of rotatable bonds is 3. The number of hydrogen-bond donors (Lipinski definition) is 2. The number of aliphatic carboxylic acids is 1. The van der Waals surface area contributed by atoms with Crippen LogP contribution in [0.4, 0.5) is 5.69 Å². The van der Waals surface area contributed by atoms with Crippen LogP contribution in [0.1, 0.15) is 0 Å². The molecule has 1 aromatic rings. The third kappa shape index (κ3) is 4.04. The average Bonchev–Trinajstić information content (AvgIpc) is 2.19. The standard InChI is InChI=1S/C10H7BrClNO3/c11-7-5-6(12)1-2-8(7)13-9(14)3-4-10(15)16/h1-5H,(H,13,14)(H,15,16)/b4-3+. The summed E-state index contributed by atoms with van der Waals surface area (Å²) < 4.78 is 0.622. The Labute approximate surface area is 105 Å². The first-order chi connectivity index (χ1) is 7.49. The Morgan fingerprint density at radius 2 is 2.06 bits per heavy atom. The van der Waals surface area contributed by atoms with Crippen LogP contribution < -0.4 is 5.32 Å². The lowest BCUT2D eigenvalue weighted by Crippen LogP contribution is -2.09. The second-order valence-electron chi connectivity index (χ2n) is 2.78. The minimum absolute atomic E-state index is 0.518. The molecule has 1 aromatic carbocycles. The lowest BCUT2D eigenvalue weighted by Gasteiger charge is -2.04. The summed E-state index contributed by atoms with van der Waals surface area (Å²) in [4.78, 5) is 21.4. The van der Waals surface area contributed by atoms with Crippen molar-refractivity contribution in [3.63, 3.8) is 0 Å². The van der Waals surface area contributed by atoms with Crippen LogP contribution in [-0.2, 0) is 9.59 Å². The summed E-state index contributed by atoms with van der Waals surface area (Å²) in [5, 5.41) is 11.4. The molecule has 2 N–H and O–H groups in total. The van der Waals surface area contributed by atoms with E-state index in [0.717, 1.165) is 12.2 Å². The molecule has 1 rings (SSSR count). The van der Waals surface area contributed by atoms with Crippen molar-refractivity contribution in [1.82, 2.24) is 0 Å². The average molecular weight is 305 g/mol. The van der Waals surface area contributed by atoms with Crippen LogP contribution in [0.5, 0.6) is 0 Å². The Kier molecular flexibility index (Phi) is 4.52. The first kappa shape index (κ1) is 12.7. The number of hydrogen-bond acceptors (Lipinski definition) is 2. The third-order valence-electron chi connectivity index (χ3n) is 1.57. The van der Waals surface area contributed by atoms with Crippen molar-refractivity contribution >= 4 is 45.1 Å². The third-order valence-corrected chi connectivity index (χ3v) is 2.46. The van der Waals surface area contributed by atoms with Crippen molar-refractivity contribution in [2.75, 3.05) is 5.32 Å². The van der Waals surface area contributed by atoms with E-state index in [1.165, 1.54) is 0 Å². The van der Waals surface area contributed by atoms with Gasteiger partial charge in [-0.2, -0.15) is 0 Å². The van der Waals surface area contributed by atoms with Crippen molar-refractivity contribution in [1.29, 1.82) is 0 Å². The van der Waals surface area contributed by atoms with Gasteiger partial charge in [-0.25, -0.2) is 4.79 Å². The van der Waals surface area contributed by atoms with E-state index in [-0.39, 0.29) is 0 Å². The van der Waals surface area contributed by atoms with Crippen molar-refractivity contribution in [2.45, 2.75) is 0 Å². The van der Waals surface area contributed by atoms with Crippen LogP contribution in [0.25, 0.3) is 0 Å². The lowest BCUT2D eigenvalue weighted by atomic mass is 10.3. The van der Waals surface area contributed by atoms with Crippen molar-refractivity contribution in [3.8, 4) is 0 Å². The Hall–Kier alpha value is -1.33. The van der Waals surface area contributed by atoms with Gasteiger partial charge in [-0.15, -0.1) is 0 Å². The van der Waals surface area contributed by atoms with E-state index in [1.807, 2.05) is 0 Å². The van der Waals surface area contributed by atoms with Crippen LogP contribution in [-0.4, -0.2) is 17.0 Å². The molecule has 0 aromatic heterocycles. The van der Waals surface area contributed by atoms with Gasteiger partial charge in [0, 0.05) is 21.6 Å². The van der Waals surface area contributed by atoms with Crippen LogP contribution in [0.3, 0.4) is 0 Å². The van der Waals surface area contributed by atoms with Gasteiger partial charge in [0.05, 0.1) is 5.69 Å². The van der Waals surface area contributed by atoms with E-state index in [0.29, 0.717) is 15.2 Å². The number of carboxylic acid groups (broad SMARTS) is 1. The Morgan fingerprint density at radius 3 is 2.62 bits per heavy atom. The second-order valence-corrected chi connectivity index (χ2v) is 4.08. The molecule has 4 nitrogen and oxygen atoms in total. The van der Waals surface area contributed by atoms with Gasteiger partial charge < -0.3 is 10.4 Å². The number of carbonyl (C=O) groups is 2. The summed E-state index contributed by atoms with van der Waals surface area (Å²) in [6, 6.07) is 4.85. The summed E-state index contributed by atoms with van der Waals surface area (Å²) in [6.07, 6.45) is 1.70. The maximum atomic E-state index is 11.2. The lowest BCUT2D eigenvalue weighted by molar-refractivity contribution is -0.131. The molecule has 0 fully saturated rings. The zero-order valence-corrected chi connectivity index (χ0v) is 10.2. The maximum Gasteiger partial charge on any atom is 0.328 e. The van der Waals surface area contributed by atoms with Gasteiger partial charge in [0.2, 0.25) is 5.91 Å². The number of halogens is 2. The number of nitrogens with one attached hydrogen (secondary N) is 1. The van der Waals surface area contributed by atoms with Crippen molar-refractivity contribution in [2.24, 2.45) is 0 Å².